The zero-order valence-corrected chi connectivity index (χ0v) is 21.8. The van der Waals surface area contributed by atoms with E-state index in [9.17, 15) is 9.18 Å². The van der Waals surface area contributed by atoms with Gasteiger partial charge >= 0.3 is 0 Å². The summed E-state index contributed by atoms with van der Waals surface area (Å²) in [7, 11) is 0. The van der Waals surface area contributed by atoms with Crippen molar-refractivity contribution in [3.05, 3.63) is 59.3 Å². The van der Waals surface area contributed by atoms with Gasteiger partial charge in [-0.15, -0.1) is 0 Å². The highest BCUT2D eigenvalue weighted by molar-refractivity contribution is 5.89. The molecule has 5 rings (SSSR count). The van der Waals surface area contributed by atoms with Crippen LogP contribution in [0.15, 0.2) is 42.3 Å². The Balaban J connectivity index is 1.24. The summed E-state index contributed by atoms with van der Waals surface area (Å²) in [5.41, 5.74) is 10.5. The van der Waals surface area contributed by atoms with Gasteiger partial charge < -0.3 is 16.0 Å². The van der Waals surface area contributed by atoms with Crippen molar-refractivity contribution in [2.45, 2.75) is 58.4 Å². The number of hydrogen-bond donors (Lipinski definition) is 2. The van der Waals surface area contributed by atoms with Crippen molar-refractivity contribution in [1.82, 2.24) is 19.8 Å². The highest BCUT2D eigenvalue weighted by Crippen LogP contribution is 2.36. The molecule has 2 aliphatic heterocycles. The number of fused-ring (bicyclic) bond motifs is 1. The minimum atomic E-state index is -0.451. The maximum Gasteiger partial charge on any atom is 0.246 e. The molecule has 37 heavy (non-hydrogen) atoms. The second-order valence-electron chi connectivity index (χ2n) is 10.6. The third kappa shape index (κ3) is 5.54. The number of amides is 1. The molecule has 0 bridgehead atoms. The number of nitrogens with zero attached hydrogens (tertiary/aromatic N) is 4. The number of aryl methyl sites for hydroxylation is 1. The Labute approximate surface area is 218 Å². The number of nitrogens with one attached hydrogen (secondary N) is 1. The molecular weight excluding hydrogens is 467 g/mol. The van der Waals surface area contributed by atoms with Gasteiger partial charge in [0, 0.05) is 49.5 Å². The number of likely N-dealkylation sites (tertiary alicyclic amines) is 1. The van der Waals surface area contributed by atoms with Crippen molar-refractivity contribution in [3.8, 4) is 0 Å². The molecule has 3 heterocycles. The van der Waals surface area contributed by atoms with Crippen LogP contribution in [0.25, 0.3) is 5.57 Å². The summed E-state index contributed by atoms with van der Waals surface area (Å²) in [6.07, 6.45) is 12.8. The number of halogens is 1. The molecule has 7 nitrogen and oxygen atoms in total. The van der Waals surface area contributed by atoms with Gasteiger partial charge in [0.1, 0.15) is 18.0 Å². The average Bonchev–Trinajstić information content (AvgIpc) is 3.05. The topological polar surface area (TPSA) is 87.4 Å². The van der Waals surface area contributed by atoms with E-state index in [1.807, 2.05) is 17.9 Å². The number of anilines is 3. The van der Waals surface area contributed by atoms with Crippen molar-refractivity contribution in [2.24, 2.45) is 5.92 Å². The first kappa shape index (κ1) is 25.4. The number of benzene rings is 1. The Morgan fingerprint density at radius 1 is 1.22 bits per heavy atom. The zero-order valence-electron chi connectivity index (χ0n) is 21.8. The maximum absolute atomic E-state index is 13.6. The lowest BCUT2D eigenvalue weighted by Crippen LogP contribution is -2.55. The fourth-order valence-corrected chi connectivity index (χ4v) is 6.10. The minimum absolute atomic E-state index is 0.0671. The molecule has 0 spiro atoms. The van der Waals surface area contributed by atoms with Gasteiger partial charge in [-0.1, -0.05) is 25.3 Å². The first-order valence-electron chi connectivity index (χ1n) is 13.4. The molecule has 3 aliphatic rings. The summed E-state index contributed by atoms with van der Waals surface area (Å²) in [6, 6.07) is 5.25. The minimum Gasteiger partial charge on any atom is -0.396 e. The van der Waals surface area contributed by atoms with Crippen LogP contribution in [0.1, 0.15) is 56.7 Å². The van der Waals surface area contributed by atoms with E-state index in [1.54, 1.807) is 18.2 Å². The smallest absolute Gasteiger partial charge is 0.246 e. The van der Waals surface area contributed by atoms with E-state index in [0.717, 1.165) is 47.3 Å². The summed E-state index contributed by atoms with van der Waals surface area (Å²) >= 11 is 0. The van der Waals surface area contributed by atoms with Crippen molar-refractivity contribution < 1.29 is 9.18 Å². The predicted molar refractivity (Wildman–Crippen MR) is 146 cm³/mol. The average molecular weight is 505 g/mol. The molecule has 0 radical (unpaired) electrons. The van der Waals surface area contributed by atoms with Gasteiger partial charge in [-0.2, -0.15) is 0 Å². The standard InChI is InChI=1S/C29H37FN6O/c1-19-16-36(27(37)9-6-13-35-17-21-7-4-3-5-8-26(21)35)14-12-23(19)28-20(2)32-18-33-29(28)34-22-10-11-24(30)25(31)15-22/h6,9-11,15,18,21,26H,3-5,7-8,12-14,16-17,31H2,1-2H3,(H,32,33,34)/b9-6+. The second-order valence-corrected chi connectivity index (χ2v) is 10.6. The first-order valence-corrected chi connectivity index (χ1v) is 13.4. The van der Waals surface area contributed by atoms with E-state index in [-0.39, 0.29) is 11.6 Å². The molecule has 2 unspecified atom stereocenters. The number of nitrogens with two attached hydrogens (primary N) is 1. The largest absolute Gasteiger partial charge is 0.396 e. The van der Waals surface area contributed by atoms with Crippen LogP contribution in [-0.4, -0.2) is 57.9 Å². The Hall–Kier alpha value is -3.26. The molecule has 196 valence electrons. The van der Waals surface area contributed by atoms with Crippen LogP contribution in [-0.2, 0) is 4.79 Å². The van der Waals surface area contributed by atoms with Crippen molar-refractivity contribution in [1.29, 1.82) is 0 Å². The molecule has 1 amide bonds. The molecule has 1 saturated carbocycles. The van der Waals surface area contributed by atoms with Crippen LogP contribution in [0.3, 0.4) is 0 Å². The molecule has 1 aromatic heterocycles. The molecule has 2 aromatic rings. The van der Waals surface area contributed by atoms with Gasteiger partial charge in [0.15, 0.2) is 0 Å². The van der Waals surface area contributed by atoms with E-state index < -0.39 is 5.82 Å². The fourth-order valence-electron chi connectivity index (χ4n) is 6.10. The Morgan fingerprint density at radius 3 is 2.86 bits per heavy atom. The number of hydrogen-bond acceptors (Lipinski definition) is 6. The normalized spacial score (nSPS) is 22.5. The Bertz CT molecular complexity index is 1220. The molecule has 1 aromatic carbocycles. The van der Waals surface area contributed by atoms with Gasteiger partial charge in [0.05, 0.1) is 11.4 Å². The predicted octanol–water partition coefficient (Wildman–Crippen LogP) is 5.08. The van der Waals surface area contributed by atoms with Gasteiger partial charge in [-0.25, -0.2) is 14.4 Å². The van der Waals surface area contributed by atoms with E-state index in [4.69, 9.17) is 5.73 Å². The van der Waals surface area contributed by atoms with Crippen LogP contribution in [0.4, 0.5) is 21.6 Å². The van der Waals surface area contributed by atoms with Gasteiger partial charge in [0.2, 0.25) is 5.91 Å². The van der Waals surface area contributed by atoms with Crippen molar-refractivity contribution >= 4 is 28.7 Å². The molecule has 2 atom stereocenters. The van der Waals surface area contributed by atoms with Gasteiger partial charge in [-0.05, 0) is 68.4 Å². The molecule has 1 saturated heterocycles. The SMILES string of the molecule is CC1=C(c2c(C)ncnc2Nc2ccc(F)c(N)c2)CCN(C(=O)/C=C/CN2CC3CCCCCC32)C1. The molecule has 1 aliphatic carbocycles. The number of aromatic nitrogens is 2. The molecule has 2 fully saturated rings. The van der Waals surface area contributed by atoms with Gasteiger partial charge in [0.25, 0.3) is 0 Å². The molecule has 3 N–H and O–H groups in total. The number of carbonyl (C=O) groups is 1. The summed E-state index contributed by atoms with van der Waals surface area (Å²) in [4.78, 5) is 26.3. The number of carbonyl (C=O) groups excluding carboxylic acids is 1. The summed E-state index contributed by atoms with van der Waals surface area (Å²) in [5, 5.41) is 3.28. The van der Waals surface area contributed by atoms with E-state index in [0.29, 0.717) is 24.6 Å². The highest BCUT2D eigenvalue weighted by Gasteiger charge is 2.38. The summed E-state index contributed by atoms with van der Waals surface area (Å²) in [5.74, 6) is 1.13. The van der Waals surface area contributed by atoms with Gasteiger partial charge in [-0.3, -0.25) is 9.69 Å². The summed E-state index contributed by atoms with van der Waals surface area (Å²) < 4.78 is 13.6. The lowest BCUT2D eigenvalue weighted by atomic mass is 9.84. The molecule has 8 heteroatoms. The number of nitrogen functional groups attached to an aromatic ring is 1. The summed E-state index contributed by atoms with van der Waals surface area (Å²) in [6.45, 7) is 7.28. The Kier molecular flexibility index (Phi) is 7.55. The van der Waals surface area contributed by atoms with Crippen molar-refractivity contribution in [3.63, 3.8) is 0 Å². The lowest BCUT2D eigenvalue weighted by molar-refractivity contribution is -0.125. The quantitative estimate of drug-likeness (QED) is 0.422. The number of rotatable bonds is 6. The Morgan fingerprint density at radius 2 is 2.05 bits per heavy atom. The van der Waals surface area contributed by atoms with E-state index in [1.165, 1.54) is 51.0 Å². The monoisotopic (exact) mass is 504 g/mol. The fraction of sp³-hybridized carbons (Fsp3) is 0.483. The highest BCUT2D eigenvalue weighted by atomic mass is 19.1. The molecular formula is C29H37FN6O. The third-order valence-corrected chi connectivity index (χ3v) is 8.14. The van der Waals surface area contributed by atoms with E-state index in [2.05, 4.69) is 27.1 Å². The van der Waals surface area contributed by atoms with Crippen LogP contribution in [0, 0.1) is 18.7 Å². The first-order chi connectivity index (χ1) is 17.9. The zero-order chi connectivity index (χ0) is 25.9. The van der Waals surface area contributed by atoms with Crippen LogP contribution < -0.4 is 11.1 Å². The second kappa shape index (κ2) is 11.0. The van der Waals surface area contributed by atoms with Crippen LogP contribution in [0.2, 0.25) is 0 Å². The van der Waals surface area contributed by atoms with E-state index >= 15 is 0 Å². The van der Waals surface area contributed by atoms with Crippen LogP contribution in [0.5, 0.6) is 0 Å². The van der Waals surface area contributed by atoms with Crippen molar-refractivity contribution in [2.75, 3.05) is 37.2 Å². The lowest BCUT2D eigenvalue weighted by Gasteiger charge is -2.47. The maximum atomic E-state index is 13.6. The third-order valence-electron chi connectivity index (χ3n) is 8.14. The van der Waals surface area contributed by atoms with Crippen LogP contribution >= 0.6 is 0 Å².